The Bertz CT molecular complexity index is 280. The second-order valence-electron chi connectivity index (χ2n) is 1.81. The summed E-state index contributed by atoms with van der Waals surface area (Å²) >= 11 is 3.97. The van der Waals surface area contributed by atoms with Crippen LogP contribution in [-0.4, -0.2) is 16.1 Å². The van der Waals surface area contributed by atoms with E-state index < -0.39 is 5.97 Å². The minimum atomic E-state index is -0.914. The minimum absolute atomic E-state index is 0.286. The van der Waals surface area contributed by atoms with Crippen LogP contribution in [0.5, 0.6) is 0 Å². The van der Waals surface area contributed by atoms with Crippen LogP contribution in [0, 0.1) is 7.40 Å². The van der Waals surface area contributed by atoms with Crippen molar-refractivity contribution in [1.29, 1.82) is 0 Å². The van der Waals surface area contributed by atoms with Crippen molar-refractivity contribution in [2.24, 2.45) is 0 Å². The SMILES string of the molecule is O=C(O)c1cc(I)nc(I)c1. The summed E-state index contributed by atoms with van der Waals surface area (Å²) < 4.78 is 1.40. The fourth-order valence-corrected chi connectivity index (χ4v) is 2.24. The van der Waals surface area contributed by atoms with Gasteiger partial charge >= 0.3 is 5.97 Å². The lowest BCUT2D eigenvalue weighted by atomic mass is 10.3. The van der Waals surface area contributed by atoms with Crippen LogP contribution in [0.2, 0.25) is 0 Å². The summed E-state index contributed by atoms with van der Waals surface area (Å²) in [5, 5.41) is 8.60. The number of carboxylic acid groups (broad SMARTS) is 1. The normalized spacial score (nSPS) is 9.64. The molecule has 0 amide bonds. The first-order valence-electron chi connectivity index (χ1n) is 2.66. The average molecular weight is 375 g/mol. The summed E-state index contributed by atoms with van der Waals surface area (Å²) in [7, 11) is 0. The Morgan fingerprint density at radius 3 is 2.18 bits per heavy atom. The molecule has 3 nitrogen and oxygen atoms in total. The number of carbonyl (C=O) groups is 1. The first-order chi connectivity index (χ1) is 5.09. The van der Waals surface area contributed by atoms with Crippen LogP contribution in [0.1, 0.15) is 10.4 Å². The summed E-state index contributed by atoms with van der Waals surface area (Å²) in [5.74, 6) is -0.914. The molecule has 0 saturated heterocycles. The first-order valence-corrected chi connectivity index (χ1v) is 4.82. The number of aromatic carboxylic acids is 1. The number of halogens is 2. The monoisotopic (exact) mass is 375 g/mol. The van der Waals surface area contributed by atoms with E-state index in [1.165, 1.54) is 12.1 Å². The summed E-state index contributed by atoms with van der Waals surface area (Å²) in [6.45, 7) is 0. The molecule has 0 aliphatic rings. The van der Waals surface area contributed by atoms with Crippen molar-refractivity contribution >= 4 is 51.2 Å². The molecule has 0 radical (unpaired) electrons. The predicted octanol–water partition coefficient (Wildman–Crippen LogP) is 1.99. The summed E-state index contributed by atoms with van der Waals surface area (Å²) in [4.78, 5) is 14.5. The zero-order valence-corrected chi connectivity index (χ0v) is 9.53. The maximum Gasteiger partial charge on any atom is 0.335 e. The van der Waals surface area contributed by atoms with Gasteiger partial charge in [-0.05, 0) is 57.3 Å². The molecule has 0 aliphatic carbocycles. The third kappa shape index (κ3) is 2.55. The highest BCUT2D eigenvalue weighted by molar-refractivity contribution is 14.1. The van der Waals surface area contributed by atoms with Crippen molar-refractivity contribution in [3.05, 3.63) is 25.1 Å². The van der Waals surface area contributed by atoms with E-state index in [-0.39, 0.29) is 5.56 Å². The number of pyridine rings is 1. The molecule has 0 bridgehead atoms. The van der Waals surface area contributed by atoms with Gasteiger partial charge in [-0.3, -0.25) is 0 Å². The number of nitrogens with zero attached hydrogens (tertiary/aromatic N) is 1. The summed E-state index contributed by atoms with van der Waals surface area (Å²) in [5.41, 5.74) is 0.286. The van der Waals surface area contributed by atoms with Crippen LogP contribution in [0.3, 0.4) is 0 Å². The number of hydrogen-bond acceptors (Lipinski definition) is 2. The summed E-state index contributed by atoms with van der Waals surface area (Å²) in [6, 6.07) is 3.07. The first kappa shape index (κ1) is 9.17. The van der Waals surface area contributed by atoms with Crippen molar-refractivity contribution in [2.45, 2.75) is 0 Å². The third-order valence-corrected chi connectivity index (χ3v) is 2.12. The lowest BCUT2D eigenvalue weighted by Gasteiger charge is -1.95. The molecule has 1 heterocycles. The van der Waals surface area contributed by atoms with Gasteiger partial charge in [-0.25, -0.2) is 9.78 Å². The molecule has 0 aliphatic heterocycles. The van der Waals surface area contributed by atoms with Crippen LogP contribution in [0.15, 0.2) is 12.1 Å². The number of hydrogen-bond donors (Lipinski definition) is 1. The Kier molecular flexibility index (Phi) is 3.05. The minimum Gasteiger partial charge on any atom is -0.478 e. The van der Waals surface area contributed by atoms with Crippen LogP contribution in [0.4, 0.5) is 0 Å². The molecule has 58 valence electrons. The van der Waals surface area contributed by atoms with Gasteiger partial charge in [0.2, 0.25) is 0 Å². The van der Waals surface area contributed by atoms with E-state index in [1.807, 2.05) is 45.2 Å². The zero-order chi connectivity index (χ0) is 8.43. The lowest BCUT2D eigenvalue weighted by molar-refractivity contribution is 0.0696. The molecule has 0 fully saturated rings. The molecule has 0 atom stereocenters. The Labute approximate surface area is 90.5 Å². The van der Waals surface area contributed by atoms with E-state index in [2.05, 4.69) is 4.98 Å². The molecular formula is C6H3I2NO2. The molecule has 0 unspecified atom stereocenters. The predicted molar refractivity (Wildman–Crippen MR) is 56.6 cm³/mol. The van der Waals surface area contributed by atoms with Gasteiger partial charge in [0.1, 0.15) is 7.40 Å². The van der Waals surface area contributed by atoms with Crippen LogP contribution < -0.4 is 0 Å². The highest BCUT2D eigenvalue weighted by atomic mass is 127. The molecule has 0 aromatic carbocycles. The van der Waals surface area contributed by atoms with Crippen LogP contribution in [-0.2, 0) is 0 Å². The topological polar surface area (TPSA) is 50.2 Å². The van der Waals surface area contributed by atoms with Gasteiger partial charge in [-0.2, -0.15) is 0 Å². The van der Waals surface area contributed by atoms with E-state index in [1.54, 1.807) is 0 Å². The van der Waals surface area contributed by atoms with Crippen molar-refractivity contribution in [3.8, 4) is 0 Å². The highest BCUT2D eigenvalue weighted by Gasteiger charge is 2.04. The van der Waals surface area contributed by atoms with Crippen molar-refractivity contribution in [2.75, 3.05) is 0 Å². The van der Waals surface area contributed by atoms with Gasteiger partial charge in [-0.15, -0.1) is 0 Å². The van der Waals surface area contributed by atoms with E-state index >= 15 is 0 Å². The molecule has 11 heavy (non-hydrogen) atoms. The van der Waals surface area contributed by atoms with Gasteiger partial charge in [0.15, 0.2) is 0 Å². The Hall–Kier alpha value is 0.0800. The third-order valence-electron chi connectivity index (χ3n) is 1.01. The maximum absolute atomic E-state index is 10.5. The molecule has 0 spiro atoms. The molecule has 1 aromatic rings. The molecule has 5 heteroatoms. The molecule has 1 aromatic heterocycles. The smallest absolute Gasteiger partial charge is 0.335 e. The average Bonchev–Trinajstić information content (AvgIpc) is 1.85. The molecule has 1 N–H and O–H groups in total. The standard InChI is InChI=1S/C6H3I2NO2/c7-4-1-3(6(10)11)2-5(8)9-4/h1-2H,(H,10,11). The van der Waals surface area contributed by atoms with Crippen LogP contribution >= 0.6 is 45.2 Å². The van der Waals surface area contributed by atoms with E-state index in [4.69, 9.17) is 5.11 Å². The van der Waals surface area contributed by atoms with Crippen molar-refractivity contribution in [3.63, 3.8) is 0 Å². The Balaban J connectivity index is 3.19. The fourth-order valence-electron chi connectivity index (χ4n) is 0.588. The number of aromatic nitrogens is 1. The fraction of sp³-hybridized carbons (Fsp3) is 0. The van der Waals surface area contributed by atoms with E-state index in [0.29, 0.717) is 7.40 Å². The van der Waals surface area contributed by atoms with Crippen LogP contribution in [0.25, 0.3) is 0 Å². The van der Waals surface area contributed by atoms with Crippen molar-refractivity contribution < 1.29 is 9.90 Å². The van der Waals surface area contributed by atoms with Gasteiger partial charge in [-0.1, -0.05) is 0 Å². The van der Waals surface area contributed by atoms with Gasteiger partial charge < -0.3 is 5.11 Å². The van der Waals surface area contributed by atoms with E-state index in [0.717, 1.165) is 0 Å². The Morgan fingerprint density at radius 2 is 1.82 bits per heavy atom. The molecule has 0 saturated carbocycles. The number of carboxylic acids is 1. The second-order valence-corrected chi connectivity index (χ2v) is 4.02. The Morgan fingerprint density at radius 1 is 1.36 bits per heavy atom. The quantitative estimate of drug-likeness (QED) is 0.604. The molecule has 1 rings (SSSR count). The van der Waals surface area contributed by atoms with Gasteiger partial charge in [0.05, 0.1) is 5.56 Å². The van der Waals surface area contributed by atoms with E-state index in [9.17, 15) is 4.79 Å². The second kappa shape index (κ2) is 3.65. The highest BCUT2D eigenvalue weighted by Crippen LogP contribution is 2.09. The van der Waals surface area contributed by atoms with Crippen molar-refractivity contribution in [1.82, 2.24) is 4.98 Å². The maximum atomic E-state index is 10.5. The zero-order valence-electron chi connectivity index (χ0n) is 5.21. The largest absolute Gasteiger partial charge is 0.478 e. The van der Waals surface area contributed by atoms with Gasteiger partial charge in [0, 0.05) is 0 Å². The van der Waals surface area contributed by atoms with Gasteiger partial charge in [0.25, 0.3) is 0 Å². The molecular weight excluding hydrogens is 372 g/mol. The lowest BCUT2D eigenvalue weighted by Crippen LogP contribution is -1.99. The number of rotatable bonds is 1. The summed E-state index contributed by atoms with van der Waals surface area (Å²) in [6.07, 6.45) is 0.